The zero-order chi connectivity index (χ0) is 15.9. The number of rotatable bonds is 4. The van der Waals surface area contributed by atoms with Crippen LogP contribution < -0.4 is 0 Å². The van der Waals surface area contributed by atoms with Crippen LogP contribution in [-0.4, -0.2) is 28.9 Å². The van der Waals surface area contributed by atoms with E-state index in [1.54, 1.807) is 11.9 Å². The van der Waals surface area contributed by atoms with Crippen LogP contribution in [0.25, 0.3) is 0 Å². The predicted molar refractivity (Wildman–Crippen MR) is 80.8 cm³/mol. The summed E-state index contributed by atoms with van der Waals surface area (Å²) in [5.74, 6) is -1.93. The van der Waals surface area contributed by atoms with Gasteiger partial charge in [0.05, 0.1) is 11.8 Å². The Balaban J connectivity index is 2.09. The molecule has 0 heterocycles. The Kier molecular flexibility index (Phi) is 3.83. The van der Waals surface area contributed by atoms with E-state index < -0.39 is 23.2 Å². The maximum atomic E-state index is 12.5. The summed E-state index contributed by atoms with van der Waals surface area (Å²) >= 11 is 0. The molecule has 0 unspecified atom stereocenters. The summed E-state index contributed by atoms with van der Waals surface area (Å²) in [5, 5.41) is 9.18. The third-order valence-corrected chi connectivity index (χ3v) is 4.64. The molecule has 1 aromatic rings. The average molecular weight is 289 g/mol. The van der Waals surface area contributed by atoms with Crippen LogP contribution in [0, 0.1) is 31.1 Å². The fraction of sp³-hybridized carbons (Fsp3) is 0.529. The van der Waals surface area contributed by atoms with Gasteiger partial charge in [-0.2, -0.15) is 0 Å². The zero-order valence-corrected chi connectivity index (χ0v) is 13.3. The molecule has 4 nitrogen and oxygen atoms in total. The van der Waals surface area contributed by atoms with Crippen LogP contribution in [0.2, 0.25) is 0 Å². The van der Waals surface area contributed by atoms with E-state index in [4.69, 9.17) is 0 Å². The first-order chi connectivity index (χ1) is 9.66. The molecule has 2 atom stereocenters. The Morgan fingerprint density at radius 2 is 1.86 bits per heavy atom. The standard InChI is InChI=1S/C17H23NO3/c1-10-6-7-12(11(2)8-10)9-18(5)15(19)13-14(16(20)21)17(13,3)4/h6-8,13-14H,9H2,1-5H3,(H,20,21)/t13-,14+/m1/s1. The Morgan fingerprint density at radius 3 is 2.33 bits per heavy atom. The summed E-state index contributed by atoms with van der Waals surface area (Å²) < 4.78 is 0. The predicted octanol–water partition coefficient (Wildman–Crippen LogP) is 2.62. The minimum atomic E-state index is -0.877. The summed E-state index contributed by atoms with van der Waals surface area (Å²) in [6.45, 7) is 8.28. The van der Waals surface area contributed by atoms with E-state index in [0.29, 0.717) is 6.54 Å². The molecule has 0 bridgehead atoms. The van der Waals surface area contributed by atoms with Crippen LogP contribution in [0.4, 0.5) is 0 Å². The van der Waals surface area contributed by atoms with Gasteiger partial charge in [-0.05, 0) is 30.4 Å². The van der Waals surface area contributed by atoms with E-state index in [9.17, 15) is 14.7 Å². The molecule has 0 saturated heterocycles. The van der Waals surface area contributed by atoms with Gasteiger partial charge in [-0.1, -0.05) is 37.6 Å². The highest BCUT2D eigenvalue weighted by atomic mass is 16.4. The molecule has 1 aliphatic carbocycles. The van der Waals surface area contributed by atoms with E-state index in [0.717, 1.165) is 11.1 Å². The highest BCUT2D eigenvalue weighted by Crippen LogP contribution is 2.59. The first-order valence-corrected chi connectivity index (χ1v) is 7.20. The molecular weight excluding hydrogens is 266 g/mol. The third-order valence-electron chi connectivity index (χ3n) is 4.64. The second-order valence-corrected chi connectivity index (χ2v) is 6.74. The first kappa shape index (κ1) is 15.5. The minimum Gasteiger partial charge on any atom is -0.481 e. The number of hydrogen-bond acceptors (Lipinski definition) is 2. The Hall–Kier alpha value is -1.84. The van der Waals surface area contributed by atoms with Crippen molar-refractivity contribution in [3.05, 3.63) is 34.9 Å². The second-order valence-electron chi connectivity index (χ2n) is 6.74. The fourth-order valence-electron chi connectivity index (χ4n) is 3.15. The van der Waals surface area contributed by atoms with Crippen LogP contribution in [0.5, 0.6) is 0 Å². The van der Waals surface area contributed by atoms with Crippen LogP contribution >= 0.6 is 0 Å². The average Bonchev–Trinajstić information content (AvgIpc) is 2.95. The molecule has 1 aromatic carbocycles. The largest absolute Gasteiger partial charge is 0.481 e. The molecule has 1 N–H and O–H groups in total. The Bertz CT molecular complexity index is 592. The van der Waals surface area contributed by atoms with Crippen molar-refractivity contribution in [3.8, 4) is 0 Å². The fourth-order valence-corrected chi connectivity index (χ4v) is 3.15. The maximum Gasteiger partial charge on any atom is 0.307 e. The van der Waals surface area contributed by atoms with Crippen LogP contribution in [0.15, 0.2) is 18.2 Å². The van der Waals surface area contributed by atoms with Gasteiger partial charge in [-0.25, -0.2) is 0 Å². The van der Waals surface area contributed by atoms with Crippen LogP contribution in [0.1, 0.15) is 30.5 Å². The van der Waals surface area contributed by atoms with Gasteiger partial charge >= 0.3 is 5.97 Å². The van der Waals surface area contributed by atoms with Gasteiger partial charge in [-0.15, -0.1) is 0 Å². The molecule has 21 heavy (non-hydrogen) atoms. The molecule has 1 fully saturated rings. The molecule has 1 saturated carbocycles. The topological polar surface area (TPSA) is 57.6 Å². The van der Waals surface area contributed by atoms with E-state index in [2.05, 4.69) is 6.07 Å². The third kappa shape index (κ3) is 2.80. The molecular formula is C17H23NO3. The minimum absolute atomic E-state index is 0.0765. The number of aryl methyl sites for hydroxylation is 2. The van der Waals surface area contributed by atoms with E-state index in [1.807, 2.05) is 39.8 Å². The van der Waals surface area contributed by atoms with Crippen molar-refractivity contribution in [1.29, 1.82) is 0 Å². The number of nitrogens with zero attached hydrogens (tertiary/aromatic N) is 1. The van der Waals surface area contributed by atoms with Gasteiger partial charge in [0.2, 0.25) is 5.91 Å². The van der Waals surface area contributed by atoms with Crippen molar-refractivity contribution in [3.63, 3.8) is 0 Å². The van der Waals surface area contributed by atoms with Crippen molar-refractivity contribution in [2.45, 2.75) is 34.2 Å². The summed E-state index contributed by atoms with van der Waals surface area (Å²) in [5.41, 5.74) is 3.00. The molecule has 114 valence electrons. The van der Waals surface area contributed by atoms with Crippen molar-refractivity contribution in [2.75, 3.05) is 7.05 Å². The highest BCUT2D eigenvalue weighted by molar-refractivity contribution is 5.91. The normalized spacial score (nSPS) is 22.7. The molecule has 0 spiro atoms. The van der Waals surface area contributed by atoms with Gasteiger partial charge < -0.3 is 10.0 Å². The number of aliphatic carboxylic acids is 1. The van der Waals surface area contributed by atoms with Crippen LogP contribution in [0.3, 0.4) is 0 Å². The lowest BCUT2D eigenvalue weighted by atomic mass is 10.0. The van der Waals surface area contributed by atoms with Crippen molar-refractivity contribution < 1.29 is 14.7 Å². The number of hydrogen-bond donors (Lipinski definition) is 1. The summed E-state index contributed by atoms with van der Waals surface area (Å²) in [6, 6.07) is 6.15. The molecule has 0 radical (unpaired) electrons. The lowest BCUT2D eigenvalue weighted by molar-refractivity contribution is -0.141. The van der Waals surface area contributed by atoms with Crippen LogP contribution in [-0.2, 0) is 16.1 Å². The van der Waals surface area contributed by atoms with Gasteiger partial charge in [0.25, 0.3) is 0 Å². The second kappa shape index (κ2) is 5.17. The number of carboxylic acid groups (broad SMARTS) is 1. The quantitative estimate of drug-likeness (QED) is 0.927. The van der Waals surface area contributed by atoms with Crippen molar-refractivity contribution >= 4 is 11.9 Å². The van der Waals surface area contributed by atoms with Crippen molar-refractivity contribution in [1.82, 2.24) is 4.90 Å². The van der Waals surface area contributed by atoms with Gasteiger partial charge in [-0.3, -0.25) is 9.59 Å². The first-order valence-electron chi connectivity index (χ1n) is 7.20. The van der Waals surface area contributed by atoms with Gasteiger partial charge in [0.15, 0.2) is 0 Å². The molecule has 1 aliphatic rings. The SMILES string of the molecule is Cc1ccc(CN(C)C(=O)[C@H]2[C@@H](C(=O)O)C2(C)C)c(C)c1. The van der Waals surface area contributed by atoms with E-state index in [1.165, 1.54) is 5.56 Å². The molecule has 1 amide bonds. The zero-order valence-electron chi connectivity index (χ0n) is 13.3. The Morgan fingerprint density at radius 1 is 1.24 bits per heavy atom. The number of amides is 1. The lowest BCUT2D eigenvalue weighted by Crippen LogP contribution is -2.29. The number of carboxylic acids is 1. The Labute approximate surface area is 125 Å². The monoisotopic (exact) mass is 289 g/mol. The number of benzene rings is 1. The summed E-state index contributed by atoms with van der Waals surface area (Å²) in [6.07, 6.45) is 0. The van der Waals surface area contributed by atoms with Crippen molar-refractivity contribution in [2.24, 2.45) is 17.3 Å². The van der Waals surface area contributed by atoms with Gasteiger partial charge in [0.1, 0.15) is 0 Å². The molecule has 4 heteroatoms. The highest BCUT2D eigenvalue weighted by Gasteiger charge is 2.66. The number of carbonyl (C=O) groups excluding carboxylic acids is 1. The lowest BCUT2D eigenvalue weighted by Gasteiger charge is -2.19. The molecule has 0 aliphatic heterocycles. The summed E-state index contributed by atoms with van der Waals surface area (Å²) in [4.78, 5) is 25.3. The molecule has 0 aromatic heterocycles. The molecule has 2 rings (SSSR count). The summed E-state index contributed by atoms with van der Waals surface area (Å²) in [7, 11) is 1.74. The van der Waals surface area contributed by atoms with E-state index in [-0.39, 0.29) is 5.91 Å². The van der Waals surface area contributed by atoms with Gasteiger partial charge in [0, 0.05) is 13.6 Å². The maximum absolute atomic E-state index is 12.5. The van der Waals surface area contributed by atoms with E-state index >= 15 is 0 Å². The number of carbonyl (C=O) groups is 2. The smallest absolute Gasteiger partial charge is 0.307 e.